The molecule has 2 N–H and O–H groups in total. The van der Waals surface area contributed by atoms with Crippen molar-refractivity contribution in [2.75, 3.05) is 12.1 Å². The quantitative estimate of drug-likeness (QED) is 0.404. The molecule has 0 heterocycles. The molecule has 0 fully saturated rings. The van der Waals surface area contributed by atoms with Gasteiger partial charge in [0.2, 0.25) is 0 Å². The first-order chi connectivity index (χ1) is 6.15. The van der Waals surface area contributed by atoms with Gasteiger partial charge in [-0.25, -0.2) is 15.6 Å². The Morgan fingerprint density at radius 2 is 2.23 bits per heavy atom. The van der Waals surface area contributed by atoms with Crippen LogP contribution in [0.25, 0.3) is 0 Å². The van der Waals surface area contributed by atoms with E-state index < -0.39 is 6.09 Å². The van der Waals surface area contributed by atoms with Gasteiger partial charge in [-0.15, -0.1) is 0 Å². The van der Waals surface area contributed by atoms with Gasteiger partial charge >= 0.3 is 6.09 Å². The SMILES string of the molecule is COC(=O)N(N)c1cccc(C)c1. The molecule has 0 aliphatic rings. The number of nitrogens with zero attached hydrogens (tertiary/aromatic N) is 1. The molecule has 1 aromatic rings. The topological polar surface area (TPSA) is 55.6 Å². The Bertz CT molecular complexity index is 312. The van der Waals surface area contributed by atoms with Crippen molar-refractivity contribution in [3.05, 3.63) is 29.8 Å². The number of carbonyl (C=O) groups is 1. The molecule has 0 atom stereocenters. The molecule has 70 valence electrons. The van der Waals surface area contributed by atoms with Crippen LogP contribution in [0.5, 0.6) is 0 Å². The average Bonchev–Trinajstić information content (AvgIpc) is 2.15. The summed E-state index contributed by atoms with van der Waals surface area (Å²) in [6.45, 7) is 1.93. The number of benzene rings is 1. The number of anilines is 1. The van der Waals surface area contributed by atoms with Gasteiger partial charge in [0.05, 0.1) is 12.8 Å². The summed E-state index contributed by atoms with van der Waals surface area (Å²) in [6.07, 6.45) is -0.578. The van der Waals surface area contributed by atoms with E-state index in [2.05, 4.69) is 4.74 Å². The highest BCUT2D eigenvalue weighted by atomic mass is 16.5. The number of aryl methyl sites for hydroxylation is 1. The molecular formula is C9H12N2O2. The Kier molecular flexibility index (Phi) is 2.87. The van der Waals surface area contributed by atoms with Crippen LogP contribution in [0.4, 0.5) is 10.5 Å². The molecule has 1 aromatic carbocycles. The van der Waals surface area contributed by atoms with E-state index in [1.165, 1.54) is 7.11 Å². The van der Waals surface area contributed by atoms with E-state index in [9.17, 15) is 4.79 Å². The molecule has 0 saturated heterocycles. The van der Waals surface area contributed by atoms with Gasteiger partial charge in [-0.1, -0.05) is 12.1 Å². The summed E-state index contributed by atoms with van der Waals surface area (Å²) in [7, 11) is 1.29. The molecule has 0 aliphatic heterocycles. The Balaban J connectivity index is 2.88. The van der Waals surface area contributed by atoms with E-state index in [0.29, 0.717) is 5.69 Å². The molecule has 13 heavy (non-hydrogen) atoms. The van der Waals surface area contributed by atoms with Crippen LogP contribution in [0, 0.1) is 6.92 Å². The summed E-state index contributed by atoms with van der Waals surface area (Å²) < 4.78 is 4.47. The lowest BCUT2D eigenvalue weighted by molar-refractivity contribution is 0.178. The third-order valence-electron chi connectivity index (χ3n) is 1.65. The van der Waals surface area contributed by atoms with Crippen LogP contribution in [-0.4, -0.2) is 13.2 Å². The van der Waals surface area contributed by atoms with Gasteiger partial charge in [0.1, 0.15) is 0 Å². The van der Waals surface area contributed by atoms with Gasteiger partial charge in [0.15, 0.2) is 0 Å². The number of carbonyl (C=O) groups excluding carboxylic acids is 1. The Morgan fingerprint density at radius 3 is 2.77 bits per heavy atom. The molecular weight excluding hydrogens is 168 g/mol. The number of ether oxygens (including phenoxy) is 1. The lowest BCUT2D eigenvalue weighted by atomic mass is 10.2. The van der Waals surface area contributed by atoms with Crippen LogP contribution >= 0.6 is 0 Å². The Labute approximate surface area is 76.9 Å². The average molecular weight is 180 g/mol. The first-order valence-corrected chi connectivity index (χ1v) is 3.84. The maximum atomic E-state index is 11.0. The van der Waals surface area contributed by atoms with Crippen molar-refractivity contribution in [1.82, 2.24) is 0 Å². The standard InChI is InChI=1S/C9H12N2O2/c1-7-4-3-5-8(6-7)11(10)9(12)13-2/h3-6H,10H2,1-2H3. The van der Waals surface area contributed by atoms with Crippen molar-refractivity contribution >= 4 is 11.8 Å². The second-order valence-corrected chi connectivity index (χ2v) is 2.68. The lowest BCUT2D eigenvalue weighted by Gasteiger charge is -2.14. The highest BCUT2D eigenvalue weighted by molar-refractivity contribution is 5.86. The van der Waals surface area contributed by atoms with Crippen molar-refractivity contribution in [3.63, 3.8) is 0 Å². The van der Waals surface area contributed by atoms with Gasteiger partial charge in [-0.05, 0) is 24.6 Å². The number of rotatable bonds is 1. The minimum atomic E-state index is -0.578. The normalized spacial score (nSPS) is 9.46. The minimum absolute atomic E-state index is 0.578. The fourth-order valence-electron chi connectivity index (χ4n) is 0.982. The van der Waals surface area contributed by atoms with E-state index in [1.807, 2.05) is 19.1 Å². The molecule has 0 radical (unpaired) electrons. The molecule has 0 bridgehead atoms. The number of hydrogen-bond donors (Lipinski definition) is 1. The molecule has 1 rings (SSSR count). The first-order valence-electron chi connectivity index (χ1n) is 3.84. The third kappa shape index (κ3) is 2.19. The molecule has 4 heteroatoms. The second-order valence-electron chi connectivity index (χ2n) is 2.68. The molecule has 4 nitrogen and oxygen atoms in total. The highest BCUT2D eigenvalue weighted by Crippen LogP contribution is 2.13. The van der Waals surface area contributed by atoms with Crippen LogP contribution in [-0.2, 0) is 4.74 Å². The number of amides is 1. The van der Waals surface area contributed by atoms with Gasteiger partial charge in [0, 0.05) is 0 Å². The van der Waals surface area contributed by atoms with Crippen LogP contribution in [0.1, 0.15) is 5.56 Å². The zero-order chi connectivity index (χ0) is 9.84. The summed E-state index contributed by atoms with van der Waals surface area (Å²) in [5.41, 5.74) is 1.66. The molecule has 0 unspecified atom stereocenters. The van der Waals surface area contributed by atoms with E-state index in [4.69, 9.17) is 5.84 Å². The number of nitrogens with two attached hydrogens (primary N) is 1. The maximum Gasteiger partial charge on any atom is 0.428 e. The van der Waals surface area contributed by atoms with Gasteiger partial charge in [-0.2, -0.15) is 0 Å². The second kappa shape index (κ2) is 3.91. The van der Waals surface area contributed by atoms with E-state index in [-0.39, 0.29) is 0 Å². The number of methoxy groups -OCH3 is 1. The zero-order valence-electron chi connectivity index (χ0n) is 7.65. The highest BCUT2D eigenvalue weighted by Gasteiger charge is 2.10. The summed E-state index contributed by atoms with van der Waals surface area (Å²) in [4.78, 5) is 11.0. The molecule has 0 saturated carbocycles. The molecule has 0 spiro atoms. The molecule has 1 amide bonds. The van der Waals surface area contributed by atoms with E-state index in [1.54, 1.807) is 12.1 Å². The summed E-state index contributed by atoms with van der Waals surface area (Å²) in [5.74, 6) is 5.48. The van der Waals surface area contributed by atoms with Crippen LogP contribution in [0.3, 0.4) is 0 Å². The fraction of sp³-hybridized carbons (Fsp3) is 0.222. The zero-order valence-corrected chi connectivity index (χ0v) is 7.65. The minimum Gasteiger partial charge on any atom is -0.452 e. The van der Waals surface area contributed by atoms with E-state index in [0.717, 1.165) is 10.6 Å². The number of hydrazine groups is 1. The third-order valence-corrected chi connectivity index (χ3v) is 1.65. The molecule has 0 aliphatic carbocycles. The van der Waals surface area contributed by atoms with Gasteiger partial charge < -0.3 is 4.74 Å². The van der Waals surface area contributed by atoms with Crippen LogP contribution in [0.2, 0.25) is 0 Å². The smallest absolute Gasteiger partial charge is 0.428 e. The largest absolute Gasteiger partial charge is 0.452 e. The first kappa shape index (κ1) is 9.54. The van der Waals surface area contributed by atoms with Crippen molar-refractivity contribution in [1.29, 1.82) is 0 Å². The summed E-state index contributed by atoms with van der Waals surface area (Å²) in [6, 6.07) is 7.29. The number of hydrogen-bond acceptors (Lipinski definition) is 3. The van der Waals surface area contributed by atoms with Crippen molar-refractivity contribution in [3.8, 4) is 0 Å². The van der Waals surface area contributed by atoms with E-state index >= 15 is 0 Å². The monoisotopic (exact) mass is 180 g/mol. The van der Waals surface area contributed by atoms with Crippen molar-refractivity contribution in [2.24, 2.45) is 5.84 Å². The van der Waals surface area contributed by atoms with Gasteiger partial charge in [-0.3, -0.25) is 0 Å². The Morgan fingerprint density at radius 1 is 1.54 bits per heavy atom. The predicted molar refractivity (Wildman–Crippen MR) is 50.3 cm³/mol. The maximum absolute atomic E-state index is 11.0. The molecule has 0 aromatic heterocycles. The van der Waals surface area contributed by atoms with Crippen LogP contribution in [0.15, 0.2) is 24.3 Å². The Hall–Kier alpha value is -1.55. The summed E-state index contributed by atoms with van der Waals surface area (Å²) in [5, 5.41) is 0.965. The van der Waals surface area contributed by atoms with Crippen molar-refractivity contribution in [2.45, 2.75) is 6.92 Å². The summed E-state index contributed by atoms with van der Waals surface area (Å²) >= 11 is 0. The van der Waals surface area contributed by atoms with Crippen molar-refractivity contribution < 1.29 is 9.53 Å². The fourth-order valence-corrected chi connectivity index (χ4v) is 0.982. The predicted octanol–water partition coefficient (Wildman–Crippen LogP) is 1.44. The van der Waals surface area contributed by atoms with Gasteiger partial charge in [0.25, 0.3) is 0 Å². The lowest BCUT2D eigenvalue weighted by Crippen LogP contribution is -2.37. The van der Waals surface area contributed by atoms with Crippen LogP contribution < -0.4 is 10.9 Å².